The van der Waals surface area contributed by atoms with Gasteiger partial charge in [-0.3, -0.25) is 14.9 Å². The van der Waals surface area contributed by atoms with Gasteiger partial charge >= 0.3 is 0 Å². The highest BCUT2D eigenvalue weighted by molar-refractivity contribution is 6.34. The number of amides is 2. The summed E-state index contributed by atoms with van der Waals surface area (Å²) in [5.74, 6) is -0.659. The van der Waals surface area contributed by atoms with Gasteiger partial charge in [-0.15, -0.1) is 0 Å². The first-order chi connectivity index (χ1) is 12.2. The van der Waals surface area contributed by atoms with E-state index in [4.69, 9.17) is 0 Å². The Morgan fingerprint density at radius 2 is 1.76 bits per heavy atom. The van der Waals surface area contributed by atoms with E-state index in [2.05, 4.69) is 17.4 Å². The van der Waals surface area contributed by atoms with Crippen LogP contribution in [0, 0.1) is 0 Å². The Morgan fingerprint density at radius 1 is 0.920 bits per heavy atom. The molecule has 3 aromatic rings. The second-order valence-electron chi connectivity index (χ2n) is 6.67. The topological polar surface area (TPSA) is 54.3 Å². The molecule has 0 radical (unpaired) electrons. The lowest BCUT2D eigenvalue weighted by Gasteiger charge is -2.26. The average molecular weight is 327 g/mol. The van der Waals surface area contributed by atoms with Crippen molar-refractivity contribution in [2.45, 2.75) is 12.5 Å². The van der Waals surface area contributed by atoms with Crippen LogP contribution in [-0.2, 0) is 16.0 Å². The van der Waals surface area contributed by atoms with E-state index in [1.54, 1.807) is 0 Å². The zero-order valence-corrected chi connectivity index (χ0v) is 13.2. The van der Waals surface area contributed by atoms with Crippen LogP contribution in [-0.4, -0.2) is 16.4 Å². The lowest BCUT2D eigenvalue weighted by Crippen LogP contribution is -2.31. The van der Waals surface area contributed by atoms with Crippen LogP contribution in [0.15, 0.2) is 60.4 Å². The fourth-order valence-electron chi connectivity index (χ4n) is 4.47. The molecule has 3 aliphatic rings. The van der Waals surface area contributed by atoms with Crippen molar-refractivity contribution >= 4 is 34.1 Å². The predicted octanol–water partition coefficient (Wildman–Crippen LogP) is 2.58. The summed E-state index contributed by atoms with van der Waals surface area (Å²) in [5, 5.41) is 3.56. The first-order valence-corrected chi connectivity index (χ1v) is 8.31. The average Bonchev–Trinajstić information content (AvgIpc) is 3.25. The lowest BCUT2D eigenvalue weighted by atomic mass is 10.00. The molecule has 3 aliphatic heterocycles. The van der Waals surface area contributed by atoms with Gasteiger partial charge in [0.25, 0.3) is 11.8 Å². The number of imide groups is 1. The molecule has 2 aromatic carbocycles. The number of rotatable bonds is 0. The van der Waals surface area contributed by atoms with E-state index in [1.807, 2.05) is 52.1 Å². The predicted molar refractivity (Wildman–Crippen MR) is 93.7 cm³/mol. The standard InChI is InChI=1S/C20H13N3O2/c24-19-17-18(20(25)21-19)23-14-7-2-1-4-12(14)10-15(23)13-6-3-5-11-8-9-22(17)16(11)13/h1-9,15H,10H2,(H,21,24,25). The number of benzene rings is 2. The summed E-state index contributed by atoms with van der Waals surface area (Å²) in [6.45, 7) is 0. The van der Waals surface area contributed by atoms with Gasteiger partial charge in [0, 0.05) is 17.3 Å². The summed E-state index contributed by atoms with van der Waals surface area (Å²) >= 11 is 0. The Kier molecular flexibility index (Phi) is 2.18. The number of aromatic nitrogens is 1. The minimum atomic E-state index is -0.336. The number of hydrogen-bond donors (Lipinski definition) is 1. The summed E-state index contributed by atoms with van der Waals surface area (Å²) in [7, 11) is 0. The lowest BCUT2D eigenvalue weighted by molar-refractivity contribution is -0.123. The molecule has 5 nitrogen and oxygen atoms in total. The Balaban J connectivity index is 1.78. The molecule has 1 aromatic heterocycles. The summed E-state index contributed by atoms with van der Waals surface area (Å²) in [4.78, 5) is 27.3. The molecule has 0 saturated carbocycles. The quantitative estimate of drug-likeness (QED) is 0.646. The minimum absolute atomic E-state index is 0.0129. The first kappa shape index (κ1) is 13.0. The molecule has 0 saturated heterocycles. The highest BCUT2D eigenvalue weighted by atomic mass is 16.2. The second-order valence-corrected chi connectivity index (χ2v) is 6.67. The zero-order chi connectivity index (χ0) is 16.7. The summed E-state index contributed by atoms with van der Waals surface area (Å²) in [6.07, 6.45) is 2.70. The molecule has 6 rings (SSSR count). The number of carbonyl (C=O) groups excluding carboxylic acids is 2. The smallest absolute Gasteiger partial charge is 0.277 e. The number of nitrogens with zero attached hydrogens (tertiary/aromatic N) is 2. The molecule has 0 aliphatic carbocycles. The normalized spacial score (nSPS) is 20.5. The minimum Gasteiger partial charge on any atom is -0.327 e. The molecule has 1 unspecified atom stereocenters. The van der Waals surface area contributed by atoms with Crippen molar-refractivity contribution in [3.05, 3.63) is 71.6 Å². The van der Waals surface area contributed by atoms with Gasteiger partial charge in [-0.1, -0.05) is 36.4 Å². The number of anilines is 1. The van der Waals surface area contributed by atoms with Crippen LogP contribution >= 0.6 is 0 Å². The van der Waals surface area contributed by atoms with Gasteiger partial charge in [0.1, 0.15) is 11.4 Å². The molecule has 0 spiro atoms. The maximum absolute atomic E-state index is 12.7. The molecule has 1 N–H and O–H groups in total. The molecule has 0 fully saturated rings. The molecule has 120 valence electrons. The highest BCUT2D eigenvalue weighted by Crippen LogP contribution is 2.48. The van der Waals surface area contributed by atoms with Crippen LogP contribution in [0.1, 0.15) is 17.2 Å². The van der Waals surface area contributed by atoms with E-state index in [-0.39, 0.29) is 17.9 Å². The number of hydrogen-bond acceptors (Lipinski definition) is 3. The Hall–Kier alpha value is -3.34. The van der Waals surface area contributed by atoms with Crippen molar-refractivity contribution in [1.82, 2.24) is 9.88 Å². The molecule has 0 bridgehead atoms. The van der Waals surface area contributed by atoms with E-state index >= 15 is 0 Å². The molecule has 4 heterocycles. The maximum Gasteiger partial charge on any atom is 0.277 e. The maximum atomic E-state index is 12.7. The number of fused-ring (bicyclic) bond motifs is 6. The van der Waals surface area contributed by atoms with Crippen LogP contribution in [0.5, 0.6) is 0 Å². The molecule has 1 atom stereocenters. The fourth-order valence-corrected chi connectivity index (χ4v) is 4.47. The molecule has 2 amide bonds. The number of carbonyl (C=O) groups is 2. The molecular weight excluding hydrogens is 314 g/mol. The monoisotopic (exact) mass is 327 g/mol. The molecule has 5 heteroatoms. The Labute approximate surface area is 143 Å². The zero-order valence-electron chi connectivity index (χ0n) is 13.2. The van der Waals surface area contributed by atoms with Crippen molar-refractivity contribution in [3.8, 4) is 0 Å². The van der Waals surface area contributed by atoms with Gasteiger partial charge in [0.2, 0.25) is 0 Å². The van der Waals surface area contributed by atoms with Crippen LogP contribution in [0.2, 0.25) is 0 Å². The third-order valence-corrected chi connectivity index (χ3v) is 5.44. The van der Waals surface area contributed by atoms with Crippen molar-refractivity contribution in [1.29, 1.82) is 0 Å². The number of para-hydroxylation sites is 2. The number of nitrogens with one attached hydrogen (secondary N) is 1. The Bertz CT molecular complexity index is 1150. The first-order valence-electron chi connectivity index (χ1n) is 8.31. The fraction of sp³-hybridized carbons (Fsp3) is 0.100. The van der Waals surface area contributed by atoms with Gasteiger partial charge in [-0.25, -0.2) is 0 Å². The van der Waals surface area contributed by atoms with Crippen LogP contribution < -0.4 is 10.2 Å². The van der Waals surface area contributed by atoms with Gasteiger partial charge in [-0.2, -0.15) is 0 Å². The third-order valence-electron chi connectivity index (χ3n) is 5.44. The third kappa shape index (κ3) is 1.44. The van der Waals surface area contributed by atoms with Crippen LogP contribution in [0.3, 0.4) is 0 Å². The van der Waals surface area contributed by atoms with Crippen LogP contribution in [0.4, 0.5) is 5.69 Å². The van der Waals surface area contributed by atoms with Gasteiger partial charge in [0.05, 0.1) is 11.6 Å². The van der Waals surface area contributed by atoms with Crippen LogP contribution in [0.25, 0.3) is 16.6 Å². The van der Waals surface area contributed by atoms with Crippen molar-refractivity contribution < 1.29 is 9.59 Å². The van der Waals surface area contributed by atoms with Crippen molar-refractivity contribution in [2.24, 2.45) is 0 Å². The van der Waals surface area contributed by atoms with E-state index < -0.39 is 0 Å². The van der Waals surface area contributed by atoms with Gasteiger partial charge in [-0.05, 0) is 29.7 Å². The summed E-state index contributed by atoms with van der Waals surface area (Å²) in [6, 6.07) is 16.3. The van der Waals surface area contributed by atoms with Gasteiger partial charge in [0.15, 0.2) is 0 Å². The second kappa shape index (κ2) is 4.19. The SMILES string of the molecule is O=C1NC(=O)C2=C1N1c3ccccc3CC1c1cccc3ccn2c13. The van der Waals surface area contributed by atoms with E-state index in [1.165, 1.54) is 5.56 Å². The van der Waals surface area contributed by atoms with Crippen molar-refractivity contribution in [2.75, 3.05) is 4.90 Å². The van der Waals surface area contributed by atoms with Crippen molar-refractivity contribution in [3.63, 3.8) is 0 Å². The largest absolute Gasteiger partial charge is 0.327 e. The molecular formula is C20H13N3O2. The van der Waals surface area contributed by atoms with Gasteiger partial charge < -0.3 is 9.47 Å². The van der Waals surface area contributed by atoms with E-state index in [0.717, 1.165) is 28.6 Å². The summed E-state index contributed by atoms with van der Waals surface area (Å²) in [5.41, 5.74) is 5.24. The van der Waals surface area contributed by atoms with E-state index in [9.17, 15) is 9.59 Å². The highest BCUT2D eigenvalue weighted by Gasteiger charge is 2.45. The summed E-state index contributed by atoms with van der Waals surface area (Å²) < 4.78 is 1.88. The molecule has 25 heavy (non-hydrogen) atoms. The van der Waals surface area contributed by atoms with E-state index in [0.29, 0.717) is 11.4 Å². The Morgan fingerprint density at radius 3 is 2.68 bits per heavy atom.